The number of benzene rings is 3. The molecule has 3 rings (SSSR count). The summed E-state index contributed by atoms with van der Waals surface area (Å²) in [7, 11) is 1.50. The summed E-state index contributed by atoms with van der Waals surface area (Å²) in [5, 5.41) is 20.4. The number of azo groups is 1. The number of phenols is 1. The first kappa shape index (κ1) is 25.1. The standard InChI is InChI=1S/C18H17N3O.2C2H6.CH5N/c1-11-8-13-10-12(2)17(19)18(16(13)15(22)9-11)21-20-14-6-4-3-5-7-14;3*1-2/h3-10,22H,19H2,1-2H3;2*1-2H3;2H2,1H3. The highest BCUT2D eigenvalue weighted by molar-refractivity contribution is 6.03. The van der Waals surface area contributed by atoms with E-state index >= 15 is 0 Å². The minimum absolute atomic E-state index is 0.170. The minimum Gasteiger partial charge on any atom is -0.507 e. The Morgan fingerprint density at radius 3 is 1.96 bits per heavy atom. The highest BCUT2D eigenvalue weighted by Gasteiger charge is 2.12. The first-order valence-electron chi connectivity index (χ1n) is 9.63. The lowest BCUT2D eigenvalue weighted by Gasteiger charge is -2.11. The Labute approximate surface area is 169 Å². The van der Waals surface area contributed by atoms with Gasteiger partial charge in [0, 0.05) is 0 Å². The van der Waals surface area contributed by atoms with Crippen LogP contribution in [0.5, 0.6) is 5.75 Å². The van der Waals surface area contributed by atoms with E-state index in [1.807, 2.05) is 84.0 Å². The van der Waals surface area contributed by atoms with Gasteiger partial charge in [-0.3, -0.25) is 0 Å². The van der Waals surface area contributed by atoms with Crippen LogP contribution in [0, 0.1) is 13.8 Å². The topological polar surface area (TPSA) is 97.0 Å². The molecule has 28 heavy (non-hydrogen) atoms. The molecule has 0 atom stereocenters. The number of rotatable bonds is 2. The van der Waals surface area contributed by atoms with E-state index in [9.17, 15) is 5.11 Å². The number of aromatic hydroxyl groups is 1. The van der Waals surface area contributed by atoms with E-state index in [2.05, 4.69) is 16.0 Å². The number of nitrogen functional groups attached to an aromatic ring is 1. The van der Waals surface area contributed by atoms with Crippen LogP contribution < -0.4 is 11.5 Å². The lowest BCUT2D eigenvalue weighted by Crippen LogP contribution is -1.92. The van der Waals surface area contributed by atoms with Crippen LogP contribution in [0.2, 0.25) is 0 Å². The number of nitrogens with two attached hydrogens (primary N) is 2. The number of phenolic OH excluding ortho intramolecular Hbond substituents is 1. The molecule has 5 nitrogen and oxygen atoms in total. The summed E-state index contributed by atoms with van der Waals surface area (Å²) in [5.41, 5.74) is 14.3. The van der Waals surface area contributed by atoms with Gasteiger partial charge in [0.2, 0.25) is 0 Å². The van der Waals surface area contributed by atoms with Crippen molar-refractivity contribution in [1.82, 2.24) is 0 Å². The molecule has 0 bridgehead atoms. The van der Waals surface area contributed by atoms with Crippen molar-refractivity contribution in [2.45, 2.75) is 41.5 Å². The number of anilines is 1. The zero-order valence-corrected chi connectivity index (χ0v) is 18.1. The third kappa shape index (κ3) is 6.35. The molecule has 0 aliphatic heterocycles. The largest absolute Gasteiger partial charge is 0.507 e. The van der Waals surface area contributed by atoms with E-state index in [0.29, 0.717) is 16.8 Å². The van der Waals surface area contributed by atoms with Crippen molar-refractivity contribution < 1.29 is 5.11 Å². The Bertz CT molecular complexity index is 875. The number of hydrogen-bond donors (Lipinski definition) is 3. The van der Waals surface area contributed by atoms with Crippen molar-refractivity contribution in [3.05, 3.63) is 59.7 Å². The summed E-state index contributed by atoms with van der Waals surface area (Å²) in [4.78, 5) is 0. The number of nitrogens with zero attached hydrogens (tertiary/aromatic N) is 2. The third-order valence-electron chi connectivity index (χ3n) is 3.60. The van der Waals surface area contributed by atoms with Crippen molar-refractivity contribution in [1.29, 1.82) is 0 Å². The molecule has 0 radical (unpaired) electrons. The van der Waals surface area contributed by atoms with E-state index in [4.69, 9.17) is 5.73 Å². The van der Waals surface area contributed by atoms with E-state index in [1.54, 1.807) is 6.07 Å². The van der Waals surface area contributed by atoms with Gasteiger partial charge in [0.1, 0.15) is 11.4 Å². The summed E-state index contributed by atoms with van der Waals surface area (Å²) >= 11 is 0. The lowest BCUT2D eigenvalue weighted by atomic mass is 10.0. The summed E-state index contributed by atoms with van der Waals surface area (Å²) in [6.45, 7) is 11.9. The van der Waals surface area contributed by atoms with Crippen LogP contribution in [0.15, 0.2) is 58.8 Å². The molecule has 0 aliphatic carbocycles. The van der Waals surface area contributed by atoms with Gasteiger partial charge in [0.15, 0.2) is 0 Å². The SMILES string of the molecule is CC.CC.CN.Cc1cc(O)c2c(N=Nc3ccccc3)c(N)c(C)cc2c1. The summed E-state index contributed by atoms with van der Waals surface area (Å²) in [5.74, 6) is 0.170. The maximum Gasteiger partial charge on any atom is 0.125 e. The van der Waals surface area contributed by atoms with Gasteiger partial charge in [-0.15, -0.1) is 5.11 Å². The van der Waals surface area contributed by atoms with Gasteiger partial charge in [0.25, 0.3) is 0 Å². The van der Waals surface area contributed by atoms with Crippen molar-refractivity contribution >= 4 is 27.8 Å². The van der Waals surface area contributed by atoms with Gasteiger partial charge < -0.3 is 16.6 Å². The smallest absolute Gasteiger partial charge is 0.125 e. The minimum atomic E-state index is 0.170. The van der Waals surface area contributed by atoms with Gasteiger partial charge in [-0.25, -0.2) is 0 Å². The first-order valence-corrected chi connectivity index (χ1v) is 9.63. The van der Waals surface area contributed by atoms with Crippen LogP contribution in [0.1, 0.15) is 38.8 Å². The van der Waals surface area contributed by atoms with Gasteiger partial charge in [-0.2, -0.15) is 5.11 Å². The van der Waals surface area contributed by atoms with Crippen LogP contribution in [0.4, 0.5) is 17.1 Å². The van der Waals surface area contributed by atoms with Crippen molar-refractivity contribution in [2.24, 2.45) is 16.0 Å². The normalized spacial score (nSPS) is 9.57. The maximum absolute atomic E-state index is 10.3. The molecule has 3 aromatic rings. The molecule has 0 unspecified atom stereocenters. The highest BCUT2D eigenvalue weighted by Crippen LogP contribution is 2.41. The quantitative estimate of drug-likeness (QED) is 0.336. The fraction of sp³-hybridized carbons (Fsp3) is 0.304. The molecular weight excluding hydrogens is 348 g/mol. The maximum atomic E-state index is 10.3. The number of hydrogen-bond acceptors (Lipinski definition) is 5. The lowest BCUT2D eigenvalue weighted by molar-refractivity contribution is 0.481. The molecule has 0 aromatic heterocycles. The van der Waals surface area contributed by atoms with Crippen molar-refractivity contribution in [3.8, 4) is 5.75 Å². The second-order valence-electron chi connectivity index (χ2n) is 5.37. The summed E-state index contributed by atoms with van der Waals surface area (Å²) in [6.07, 6.45) is 0. The first-order chi connectivity index (χ1) is 13.6. The van der Waals surface area contributed by atoms with Crippen LogP contribution >= 0.6 is 0 Å². The van der Waals surface area contributed by atoms with Gasteiger partial charge in [0.05, 0.1) is 16.8 Å². The van der Waals surface area contributed by atoms with Crippen LogP contribution in [0.3, 0.4) is 0 Å². The van der Waals surface area contributed by atoms with Crippen LogP contribution in [-0.4, -0.2) is 12.2 Å². The number of fused-ring (bicyclic) bond motifs is 1. The molecule has 0 amide bonds. The fourth-order valence-corrected chi connectivity index (χ4v) is 2.51. The molecule has 0 saturated carbocycles. The van der Waals surface area contributed by atoms with Crippen molar-refractivity contribution in [2.75, 3.05) is 12.8 Å². The molecule has 0 aliphatic rings. The molecule has 0 fully saturated rings. The van der Waals surface area contributed by atoms with E-state index in [1.165, 1.54) is 7.05 Å². The monoisotopic (exact) mass is 382 g/mol. The summed E-state index contributed by atoms with van der Waals surface area (Å²) in [6, 6.07) is 15.1. The van der Waals surface area contributed by atoms with E-state index in [0.717, 1.165) is 22.2 Å². The summed E-state index contributed by atoms with van der Waals surface area (Å²) < 4.78 is 0. The predicted molar refractivity (Wildman–Crippen MR) is 123 cm³/mol. The van der Waals surface area contributed by atoms with E-state index < -0.39 is 0 Å². The van der Waals surface area contributed by atoms with Crippen LogP contribution in [0.25, 0.3) is 10.8 Å². The molecular formula is C23H34N4O. The van der Waals surface area contributed by atoms with Gasteiger partial charge in [-0.1, -0.05) is 52.0 Å². The highest BCUT2D eigenvalue weighted by atomic mass is 16.3. The third-order valence-corrected chi connectivity index (χ3v) is 3.60. The van der Waals surface area contributed by atoms with Gasteiger partial charge >= 0.3 is 0 Å². The zero-order valence-electron chi connectivity index (χ0n) is 18.1. The molecule has 5 N–H and O–H groups in total. The average Bonchev–Trinajstić information content (AvgIpc) is 2.73. The van der Waals surface area contributed by atoms with E-state index in [-0.39, 0.29) is 5.75 Å². The molecule has 5 heteroatoms. The zero-order chi connectivity index (χ0) is 21.7. The number of aryl methyl sites for hydroxylation is 2. The molecule has 0 saturated heterocycles. The second kappa shape index (κ2) is 13.3. The molecule has 152 valence electrons. The predicted octanol–water partition coefficient (Wildman–Crippen LogP) is 6.79. The molecule has 0 heterocycles. The Morgan fingerprint density at radius 1 is 0.821 bits per heavy atom. The van der Waals surface area contributed by atoms with Crippen molar-refractivity contribution in [3.63, 3.8) is 0 Å². The second-order valence-corrected chi connectivity index (χ2v) is 5.37. The molecule has 0 spiro atoms. The Hall–Kier alpha value is -2.92. The van der Waals surface area contributed by atoms with Gasteiger partial charge in [-0.05, 0) is 61.7 Å². The Kier molecular flexibility index (Phi) is 11.9. The Morgan fingerprint density at radius 2 is 1.39 bits per heavy atom. The Balaban J connectivity index is 0.00000111. The molecule has 3 aromatic carbocycles. The average molecular weight is 383 g/mol. The van der Waals surface area contributed by atoms with Crippen LogP contribution in [-0.2, 0) is 0 Å². The fourth-order valence-electron chi connectivity index (χ4n) is 2.51.